The average molecular weight is 266 g/mol. The quantitative estimate of drug-likeness (QED) is 0.928. The first-order chi connectivity index (χ1) is 8.58. The molecule has 96 valence electrons. The third kappa shape index (κ3) is 2.04. The molecule has 2 N–H and O–H groups in total. The van der Waals surface area contributed by atoms with Gasteiger partial charge in [0, 0.05) is 23.2 Å². The molecule has 1 aromatic carbocycles. The highest BCUT2D eigenvalue weighted by Crippen LogP contribution is 2.38. The molecular formula is C13H16ClN3O. The van der Waals surface area contributed by atoms with E-state index in [4.69, 9.17) is 22.1 Å². The summed E-state index contributed by atoms with van der Waals surface area (Å²) in [6.45, 7) is 2.06. The van der Waals surface area contributed by atoms with Crippen molar-refractivity contribution in [3.63, 3.8) is 0 Å². The van der Waals surface area contributed by atoms with Gasteiger partial charge in [0.1, 0.15) is 11.6 Å². The summed E-state index contributed by atoms with van der Waals surface area (Å²) in [5.41, 5.74) is 8.78. The van der Waals surface area contributed by atoms with Crippen molar-refractivity contribution < 1.29 is 4.74 Å². The summed E-state index contributed by atoms with van der Waals surface area (Å²) < 4.78 is 7.12. The van der Waals surface area contributed by atoms with E-state index >= 15 is 0 Å². The van der Waals surface area contributed by atoms with Gasteiger partial charge in [0.15, 0.2) is 0 Å². The van der Waals surface area contributed by atoms with Crippen LogP contribution in [0, 0.1) is 0 Å². The number of anilines is 1. The predicted molar refractivity (Wildman–Crippen MR) is 74.0 cm³/mol. The molecule has 18 heavy (non-hydrogen) atoms. The first-order valence-corrected chi connectivity index (χ1v) is 6.10. The molecule has 0 atom stereocenters. The maximum atomic E-state index is 6.14. The Labute approximate surface area is 111 Å². The second-order valence-electron chi connectivity index (χ2n) is 4.07. The van der Waals surface area contributed by atoms with Crippen LogP contribution in [0.5, 0.6) is 5.75 Å². The Morgan fingerprint density at radius 1 is 1.39 bits per heavy atom. The van der Waals surface area contributed by atoms with E-state index < -0.39 is 0 Å². The molecule has 0 radical (unpaired) electrons. The average Bonchev–Trinajstić information content (AvgIpc) is 2.69. The molecule has 4 nitrogen and oxygen atoms in total. The fourth-order valence-corrected chi connectivity index (χ4v) is 2.25. The lowest BCUT2D eigenvalue weighted by Crippen LogP contribution is -1.99. The standard InChI is InChI=1S/C13H16ClN3O/c1-4-8-5-9(14)6-10(12(8)18-3)11-7-16-17(2)13(11)15/h5-7H,4,15H2,1-3H3. The van der Waals surface area contributed by atoms with Crippen molar-refractivity contribution in [3.05, 3.63) is 28.9 Å². The molecule has 0 saturated heterocycles. The number of benzene rings is 1. The van der Waals surface area contributed by atoms with Gasteiger partial charge in [-0.2, -0.15) is 5.10 Å². The fraction of sp³-hybridized carbons (Fsp3) is 0.308. The second-order valence-corrected chi connectivity index (χ2v) is 4.50. The number of aromatic nitrogens is 2. The van der Waals surface area contributed by atoms with E-state index in [1.165, 1.54) is 0 Å². The van der Waals surface area contributed by atoms with Crippen molar-refractivity contribution in [2.75, 3.05) is 12.8 Å². The van der Waals surface area contributed by atoms with E-state index in [9.17, 15) is 0 Å². The van der Waals surface area contributed by atoms with Crippen LogP contribution in [-0.4, -0.2) is 16.9 Å². The van der Waals surface area contributed by atoms with Crippen LogP contribution in [0.1, 0.15) is 12.5 Å². The molecular weight excluding hydrogens is 250 g/mol. The van der Waals surface area contributed by atoms with Gasteiger partial charge in [-0.05, 0) is 24.1 Å². The van der Waals surface area contributed by atoms with Crippen molar-refractivity contribution in [3.8, 4) is 16.9 Å². The molecule has 0 saturated carbocycles. The molecule has 0 spiro atoms. The van der Waals surface area contributed by atoms with E-state index in [-0.39, 0.29) is 0 Å². The van der Waals surface area contributed by atoms with Crippen molar-refractivity contribution in [2.45, 2.75) is 13.3 Å². The van der Waals surface area contributed by atoms with Gasteiger partial charge in [-0.25, -0.2) is 0 Å². The van der Waals surface area contributed by atoms with Crippen LogP contribution >= 0.6 is 11.6 Å². The van der Waals surface area contributed by atoms with Gasteiger partial charge >= 0.3 is 0 Å². The highest BCUT2D eigenvalue weighted by atomic mass is 35.5. The topological polar surface area (TPSA) is 53.1 Å². The van der Waals surface area contributed by atoms with Crippen LogP contribution < -0.4 is 10.5 Å². The van der Waals surface area contributed by atoms with E-state index in [0.29, 0.717) is 10.8 Å². The lowest BCUT2D eigenvalue weighted by atomic mass is 10.0. The van der Waals surface area contributed by atoms with E-state index in [1.807, 2.05) is 12.1 Å². The van der Waals surface area contributed by atoms with E-state index in [2.05, 4.69) is 12.0 Å². The number of ether oxygens (including phenoxy) is 1. The van der Waals surface area contributed by atoms with Gasteiger partial charge in [-0.1, -0.05) is 18.5 Å². The molecule has 0 amide bonds. The minimum Gasteiger partial charge on any atom is -0.496 e. The number of rotatable bonds is 3. The minimum absolute atomic E-state index is 0.595. The first-order valence-electron chi connectivity index (χ1n) is 5.72. The SMILES string of the molecule is CCc1cc(Cl)cc(-c2cnn(C)c2N)c1OC. The van der Waals surface area contributed by atoms with E-state index in [1.54, 1.807) is 25.0 Å². The van der Waals surface area contributed by atoms with Gasteiger partial charge in [-0.3, -0.25) is 4.68 Å². The number of hydrogen-bond donors (Lipinski definition) is 1. The highest BCUT2D eigenvalue weighted by Gasteiger charge is 2.16. The fourth-order valence-electron chi connectivity index (χ4n) is 2.01. The maximum Gasteiger partial charge on any atom is 0.130 e. The van der Waals surface area contributed by atoms with Crippen LogP contribution in [0.4, 0.5) is 5.82 Å². The minimum atomic E-state index is 0.595. The molecule has 1 heterocycles. The molecule has 0 aliphatic rings. The summed E-state index contributed by atoms with van der Waals surface area (Å²) in [5.74, 6) is 1.40. The third-order valence-corrected chi connectivity index (χ3v) is 3.21. The third-order valence-electron chi connectivity index (χ3n) is 2.99. The molecule has 2 rings (SSSR count). The summed E-state index contributed by atoms with van der Waals surface area (Å²) in [5, 5.41) is 4.82. The van der Waals surface area contributed by atoms with Crippen LogP contribution in [-0.2, 0) is 13.5 Å². The Hall–Kier alpha value is -1.68. The van der Waals surface area contributed by atoms with Gasteiger partial charge in [0.05, 0.1) is 13.3 Å². The maximum absolute atomic E-state index is 6.14. The van der Waals surface area contributed by atoms with Crippen molar-refractivity contribution in [1.29, 1.82) is 0 Å². The largest absolute Gasteiger partial charge is 0.496 e. The Morgan fingerprint density at radius 2 is 2.11 bits per heavy atom. The molecule has 0 unspecified atom stereocenters. The zero-order valence-electron chi connectivity index (χ0n) is 10.7. The summed E-state index contributed by atoms with van der Waals surface area (Å²) in [7, 11) is 3.45. The van der Waals surface area contributed by atoms with Crippen LogP contribution in [0.15, 0.2) is 18.3 Å². The molecule has 1 aromatic heterocycles. The molecule has 2 aromatic rings. The van der Waals surface area contributed by atoms with Crippen molar-refractivity contribution in [2.24, 2.45) is 7.05 Å². The zero-order valence-corrected chi connectivity index (χ0v) is 11.5. The summed E-state index contributed by atoms with van der Waals surface area (Å²) in [6, 6.07) is 3.77. The molecule has 0 fully saturated rings. The van der Waals surface area contributed by atoms with Gasteiger partial charge < -0.3 is 10.5 Å². The molecule has 0 bridgehead atoms. The number of methoxy groups -OCH3 is 1. The van der Waals surface area contributed by atoms with E-state index in [0.717, 1.165) is 28.9 Å². The summed E-state index contributed by atoms with van der Waals surface area (Å²) in [6.07, 6.45) is 2.57. The normalized spacial score (nSPS) is 10.7. The Balaban J connectivity index is 2.70. The molecule has 0 aliphatic carbocycles. The number of nitrogens with zero attached hydrogens (tertiary/aromatic N) is 2. The van der Waals surface area contributed by atoms with Gasteiger partial charge in [-0.15, -0.1) is 0 Å². The Morgan fingerprint density at radius 3 is 2.61 bits per heavy atom. The summed E-state index contributed by atoms with van der Waals surface area (Å²) >= 11 is 6.14. The number of nitrogen functional groups attached to an aromatic ring is 1. The first kappa shape index (κ1) is 12.8. The Kier molecular flexibility index (Phi) is 3.48. The number of nitrogens with two attached hydrogens (primary N) is 1. The monoisotopic (exact) mass is 265 g/mol. The van der Waals surface area contributed by atoms with Crippen LogP contribution in [0.25, 0.3) is 11.1 Å². The van der Waals surface area contributed by atoms with Gasteiger partial charge in [0.25, 0.3) is 0 Å². The Bertz CT molecular complexity index is 578. The smallest absolute Gasteiger partial charge is 0.130 e. The lowest BCUT2D eigenvalue weighted by molar-refractivity contribution is 0.412. The lowest BCUT2D eigenvalue weighted by Gasteiger charge is -2.13. The predicted octanol–water partition coefficient (Wildman–Crippen LogP) is 2.89. The van der Waals surface area contributed by atoms with Crippen LogP contribution in [0.3, 0.4) is 0 Å². The number of halogens is 1. The van der Waals surface area contributed by atoms with Crippen molar-refractivity contribution >= 4 is 17.4 Å². The number of aryl methyl sites for hydroxylation is 2. The number of hydrogen-bond acceptors (Lipinski definition) is 3. The van der Waals surface area contributed by atoms with Crippen LogP contribution in [0.2, 0.25) is 5.02 Å². The molecule has 0 aliphatic heterocycles. The van der Waals surface area contributed by atoms with Crippen molar-refractivity contribution in [1.82, 2.24) is 9.78 Å². The summed E-state index contributed by atoms with van der Waals surface area (Å²) in [4.78, 5) is 0. The zero-order chi connectivity index (χ0) is 13.3. The highest BCUT2D eigenvalue weighted by molar-refractivity contribution is 6.31. The molecule has 5 heteroatoms. The van der Waals surface area contributed by atoms with Gasteiger partial charge in [0.2, 0.25) is 0 Å². The second kappa shape index (κ2) is 4.90.